The molecule has 1 aromatic rings. The number of hydrogen-bond donors (Lipinski definition) is 1. The van der Waals surface area contributed by atoms with Gasteiger partial charge in [-0.25, -0.2) is 4.79 Å². The second kappa shape index (κ2) is 4.02. The summed E-state index contributed by atoms with van der Waals surface area (Å²) in [6.45, 7) is 1.95. The second-order valence-electron chi connectivity index (χ2n) is 3.25. The van der Waals surface area contributed by atoms with Gasteiger partial charge in [-0.3, -0.25) is 5.32 Å². The highest BCUT2D eigenvalue weighted by atomic mass is 79.9. The number of benzene rings is 1. The highest BCUT2D eigenvalue weighted by Crippen LogP contribution is 2.41. The number of halogens is 2. The van der Waals surface area contributed by atoms with Crippen molar-refractivity contribution in [1.29, 1.82) is 0 Å². The van der Waals surface area contributed by atoms with Gasteiger partial charge >= 0.3 is 6.09 Å². The summed E-state index contributed by atoms with van der Waals surface area (Å²) in [5, 5.41) is 3.22. The van der Waals surface area contributed by atoms with Gasteiger partial charge in [0, 0.05) is 10.0 Å². The molecule has 0 radical (unpaired) electrons. The molecule has 1 heterocycles. The molecule has 0 bridgehead atoms. The Morgan fingerprint density at radius 3 is 3.00 bits per heavy atom. The normalized spacial score (nSPS) is 19.1. The first-order valence-electron chi connectivity index (χ1n) is 4.59. The fourth-order valence-electron chi connectivity index (χ4n) is 1.61. The molecule has 1 unspecified atom stereocenters. The maximum atomic E-state index is 11.2. The zero-order valence-corrected chi connectivity index (χ0v) is 10.4. The van der Waals surface area contributed by atoms with E-state index in [1.165, 1.54) is 0 Å². The number of carbonyl (C=O) groups excluding carboxylic acids is 1. The average Bonchev–Trinajstić information content (AvgIpc) is 2.22. The van der Waals surface area contributed by atoms with E-state index < -0.39 is 6.09 Å². The Bertz CT molecular complexity index is 422. The van der Waals surface area contributed by atoms with Gasteiger partial charge in [0.05, 0.1) is 10.7 Å². The van der Waals surface area contributed by atoms with E-state index in [0.717, 1.165) is 15.7 Å². The first-order chi connectivity index (χ1) is 7.13. The molecule has 1 atom stereocenters. The van der Waals surface area contributed by atoms with Crippen molar-refractivity contribution in [1.82, 2.24) is 0 Å². The molecule has 1 aromatic carbocycles. The lowest BCUT2D eigenvalue weighted by Crippen LogP contribution is -2.24. The predicted molar refractivity (Wildman–Crippen MR) is 62.3 cm³/mol. The smallest absolute Gasteiger partial charge is 0.412 e. The molecule has 0 spiro atoms. The van der Waals surface area contributed by atoms with Crippen LogP contribution in [-0.2, 0) is 4.74 Å². The first kappa shape index (κ1) is 10.8. The molecule has 0 aliphatic carbocycles. The van der Waals surface area contributed by atoms with Crippen LogP contribution < -0.4 is 5.32 Å². The fourth-order valence-corrected chi connectivity index (χ4v) is 2.24. The van der Waals surface area contributed by atoms with Crippen LogP contribution in [0.3, 0.4) is 0 Å². The van der Waals surface area contributed by atoms with Crippen LogP contribution in [0, 0.1) is 0 Å². The minimum Gasteiger partial charge on any atom is -0.441 e. The van der Waals surface area contributed by atoms with Crippen LogP contribution in [0.5, 0.6) is 0 Å². The third kappa shape index (κ3) is 1.84. The Morgan fingerprint density at radius 1 is 1.60 bits per heavy atom. The summed E-state index contributed by atoms with van der Waals surface area (Å²) < 4.78 is 5.95. The van der Waals surface area contributed by atoms with Gasteiger partial charge in [0.25, 0.3) is 0 Å². The van der Waals surface area contributed by atoms with Crippen LogP contribution in [0.25, 0.3) is 0 Å². The summed E-state index contributed by atoms with van der Waals surface area (Å²) in [5.74, 6) is 0. The molecule has 2 rings (SSSR count). The molecule has 0 fully saturated rings. The van der Waals surface area contributed by atoms with E-state index in [-0.39, 0.29) is 6.10 Å². The molecular formula is C10H9BrClNO2. The SMILES string of the molecule is CCC1OC(=O)Nc2ccc(Br)c(Cl)c21. The third-order valence-corrected chi connectivity index (χ3v) is 3.61. The molecule has 1 amide bonds. The van der Waals surface area contributed by atoms with E-state index in [9.17, 15) is 4.79 Å². The van der Waals surface area contributed by atoms with Gasteiger partial charge in [-0.05, 0) is 34.5 Å². The zero-order valence-electron chi connectivity index (χ0n) is 8.01. The van der Waals surface area contributed by atoms with E-state index in [1.54, 1.807) is 6.07 Å². The average molecular weight is 291 g/mol. The van der Waals surface area contributed by atoms with Crippen LogP contribution >= 0.6 is 27.5 Å². The molecule has 0 aromatic heterocycles. The Hall–Kier alpha value is -0.740. The fraction of sp³-hybridized carbons (Fsp3) is 0.300. The van der Waals surface area contributed by atoms with Crippen molar-refractivity contribution < 1.29 is 9.53 Å². The summed E-state index contributed by atoms with van der Waals surface area (Å²) in [4.78, 5) is 11.2. The molecule has 15 heavy (non-hydrogen) atoms. The van der Waals surface area contributed by atoms with E-state index in [1.807, 2.05) is 13.0 Å². The summed E-state index contributed by atoms with van der Waals surface area (Å²) >= 11 is 9.50. The van der Waals surface area contributed by atoms with E-state index in [0.29, 0.717) is 11.4 Å². The molecule has 80 valence electrons. The minimum atomic E-state index is -0.423. The molecule has 5 heteroatoms. The van der Waals surface area contributed by atoms with Crippen LogP contribution in [0.4, 0.5) is 10.5 Å². The molecular weight excluding hydrogens is 281 g/mol. The quantitative estimate of drug-likeness (QED) is 0.845. The third-order valence-electron chi connectivity index (χ3n) is 2.31. The lowest BCUT2D eigenvalue weighted by atomic mass is 10.0. The van der Waals surface area contributed by atoms with Crippen molar-refractivity contribution in [2.45, 2.75) is 19.4 Å². The molecule has 0 saturated heterocycles. The lowest BCUT2D eigenvalue weighted by Gasteiger charge is -2.26. The van der Waals surface area contributed by atoms with Crippen LogP contribution in [0.15, 0.2) is 16.6 Å². The summed E-state index contributed by atoms with van der Waals surface area (Å²) in [5.41, 5.74) is 1.57. The van der Waals surface area contributed by atoms with Crippen molar-refractivity contribution >= 4 is 39.3 Å². The number of amides is 1. The van der Waals surface area contributed by atoms with Gasteiger partial charge in [-0.1, -0.05) is 18.5 Å². The molecule has 1 N–H and O–H groups in total. The molecule has 1 aliphatic rings. The lowest BCUT2D eigenvalue weighted by molar-refractivity contribution is 0.104. The standard InChI is InChI=1S/C10H9BrClNO2/c1-2-7-8-6(13-10(14)15-7)4-3-5(11)9(8)12/h3-4,7H,2H2,1H3,(H,13,14). The van der Waals surface area contributed by atoms with Crippen molar-refractivity contribution in [3.63, 3.8) is 0 Å². The summed E-state index contributed by atoms with van der Waals surface area (Å²) in [6.07, 6.45) is 0.0165. The van der Waals surface area contributed by atoms with Crippen molar-refractivity contribution in [3.8, 4) is 0 Å². The van der Waals surface area contributed by atoms with Crippen molar-refractivity contribution in [2.24, 2.45) is 0 Å². The number of fused-ring (bicyclic) bond motifs is 1. The van der Waals surface area contributed by atoms with E-state index >= 15 is 0 Å². The Kier molecular flexibility index (Phi) is 2.89. The Labute approximate surface area is 101 Å². The van der Waals surface area contributed by atoms with Gasteiger partial charge in [0.15, 0.2) is 0 Å². The van der Waals surface area contributed by atoms with Gasteiger partial charge in [-0.2, -0.15) is 0 Å². The van der Waals surface area contributed by atoms with Crippen LogP contribution in [0.1, 0.15) is 25.0 Å². The summed E-state index contributed by atoms with van der Waals surface area (Å²) in [6, 6.07) is 3.62. The molecule has 0 saturated carbocycles. The number of rotatable bonds is 1. The maximum Gasteiger partial charge on any atom is 0.412 e. The van der Waals surface area contributed by atoms with Crippen molar-refractivity contribution in [2.75, 3.05) is 5.32 Å². The predicted octanol–water partition coefficient (Wildman–Crippen LogP) is 4.12. The zero-order chi connectivity index (χ0) is 11.0. The number of carbonyl (C=O) groups is 1. The first-order valence-corrected chi connectivity index (χ1v) is 5.76. The van der Waals surface area contributed by atoms with Crippen molar-refractivity contribution in [3.05, 3.63) is 27.2 Å². The number of hydrogen-bond acceptors (Lipinski definition) is 2. The number of ether oxygens (including phenoxy) is 1. The van der Waals surface area contributed by atoms with Crippen LogP contribution in [-0.4, -0.2) is 6.09 Å². The Morgan fingerprint density at radius 2 is 2.33 bits per heavy atom. The number of nitrogens with one attached hydrogen (secondary N) is 1. The van der Waals surface area contributed by atoms with E-state index in [4.69, 9.17) is 16.3 Å². The Balaban J connectivity index is 2.57. The monoisotopic (exact) mass is 289 g/mol. The highest BCUT2D eigenvalue weighted by Gasteiger charge is 2.27. The summed E-state index contributed by atoms with van der Waals surface area (Å²) in [7, 11) is 0. The van der Waals surface area contributed by atoms with Gasteiger partial charge in [0.2, 0.25) is 0 Å². The highest BCUT2D eigenvalue weighted by molar-refractivity contribution is 9.10. The topological polar surface area (TPSA) is 38.3 Å². The number of anilines is 1. The van der Waals surface area contributed by atoms with Gasteiger partial charge < -0.3 is 4.74 Å². The second-order valence-corrected chi connectivity index (χ2v) is 4.48. The van der Waals surface area contributed by atoms with E-state index in [2.05, 4.69) is 21.2 Å². The molecule has 3 nitrogen and oxygen atoms in total. The molecule has 1 aliphatic heterocycles. The maximum absolute atomic E-state index is 11.2. The van der Waals surface area contributed by atoms with Crippen LogP contribution in [0.2, 0.25) is 5.02 Å². The minimum absolute atomic E-state index is 0.265. The van der Waals surface area contributed by atoms with Gasteiger partial charge in [-0.15, -0.1) is 0 Å². The largest absolute Gasteiger partial charge is 0.441 e. The van der Waals surface area contributed by atoms with Gasteiger partial charge in [0.1, 0.15) is 6.10 Å². The number of cyclic esters (lactones) is 1.